The lowest BCUT2D eigenvalue weighted by molar-refractivity contribution is -0.172. The van der Waals surface area contributed by atoms with Crippen molar-refractivity contribution in [3.05, 3.63) is 29.8 Å². The van der Waals surface area contributed by atoms with Gasteiger partial charge in [0.05, 0.1) is 12.5 Å². The average molecular weight is 332 g/mol. The molecule has 0 spiro atoms. The van der Waals surface area contributed by atoms with Crippen LogP contribution in [-0.2, 0) is 10.3 Å². The van der Waals surface area contributed by atoms with Gasteiger partial charge in [0.15, 0.2) is 5.60 Å². The Morgan fingerprint density at radius 2 is 2.04 bits per heavy atom. The van der Waals surface area contributed by atoms with E-state index in [1.807, 2.05) is 0 Å². The van der Waals surface area contributed by atoms with E-state index < -0.39 is 29.9 Å². The van der Waals surface area contributed by atoms with Crippen molar-refractivity contribution in [2.75, 3.05) is 13.2 Å². The molecular formula is C15H16F4N2O2. The van der Waals surface area contributed by atoms with E-state index in [-0.39, 0.29) is 30.4 Å². The number of halogens is 4. The first kappa shape index (κ1) is 15.9. The molecule has 4 nitrogen and oxygen atoms in total. The summed E-state index contributed by atoms with van der Waals surface area (Å²) in [4.78, 5) is 3.42. The molecule has 1 heterocycles. The van der Waals surface area contributed by atoms with E-state index in [0.29, 0.717) is 0 Å². The molecular weight excluding hydrogens is 316 g/mol. The molecule has 2 atom stereocenters. The minimum Gasteiger partial charge on any atom is -0.493 e. The summed E-state index contributed by atoms with van der Waals surface area (Å²) >= 11 is 0. The summed E-state index contributed by atoms with van der Waals surface area (Å²) in [5.74, 6) is -6.55. The monoisotopic (exact) mass is 332 g/mol. The molecule has 0 bridgehead atoms. The van der Waals surface area contributed by atoms with Crippen LogP contribution >= 0.6 is 0 Å². The predicted molar refractivity (Wildman–Crippen MR) is 74.9 cm³/mol. The molecule has 1 aliphatic heterocycles. The second kappa shape index (κ2) is 5.01. The molecule has 0 aromatic heterocycles. The van der Waals surface area contributed by atoms with Crippen LogP contribution in [0, 0.1) is 5.92 Å². The number of nitrogens with zero attached hydrogens (tertiary/aromatic N) is 1. The van der Waals surface area contributed by atoms with Gasteiger partial charge in [0.1, 0.15) is 12.3 Å². The fraction of sp³-hybridized carbons (Fsp3) is 0.533. The number of ether oxygens (including phenoxy) is 2. The third kappa shape index (κ3) is 2.82. The summed E-state index contributed by atoms with van der Waals surface area (Å²) in [6.45, 7) is 0.269. The van der Waals surface area contributed by atoms with Gasteiger partial charge in [-0.25, -0.2) is 13.8 Å². The Hall–Kier alpha value is -1.99. The Balaban J connectivity index is 1.80. The van der Waals surface area contributed by atoms with Crippen molar-refractivity contribution in [1.82, 2.24) is 0 Å². The van der Waals surface area contributed by atoms with Crippen molar-refractivity contribution < 1.29 is 27.0 Å². The van der Waals surface area contributed by atoms with Crippen LogP contribution in [0.2, 0.25) is 0 Å². The summed E-state index contributed by atoms with van der Waals surface area (Å²) in [6.07, 6.45) is -0.210. The van der Waals surface area contributed by atoms with E-state index in [1.165, 1.54) is 31.2 Å². The summed E-state index contributed by atoms with van der Waals surface area (Å²) in [5.41, 5.74) is 3.56. The molecule has 1 aromatic carbocycles. The van der Waals surface area contributed by atoms with Crippen molar-refractivity contribution in [2.45, 2.75) is 30.8 Å². The topological polar surface area (TPSA) is 56.8 Å². The second-order valence-electron chi connectivity index (χ2n) is 6.00. The first-order valence-corrected chi connectivity index (χ1v) is 7.12. The van der Waals surface area contributed by atoms with Crippen LogP contribution in [-0.4, -0.2) is 31.0 Å². The molecule has 1 saturated carbocycles. The van der Waals surface area contributed by atoms with Crippen molar-refractivity contribution in [1.29, 1.82) is 0 Å². The van der Waals surface area contributed by atoms with Crippen LogP contribution < -0.4 is 10.5 Å². The lowest BCUT2D eigenvalue weighted by Crippen LogP contribution is -2.53. The van der Waals surface area contributed by atoms with Gasteiger partial charge in [-0.3, -0.25) is 0 Å². The smallest absolute Gasteiger partial charge is 0.310 e. The van der Waals surface area contributed by atoms with Gasteiger partial charge < -0.3 is 15.2 Å². The standard InChI is InChI=1S/C15H16F4N2O2/c1-13(15(18,19)8-21-12(20)23-13)9-3-2-4-11(5-9)22-7-10-6-14(10,16)17/h2-5,10H,6-8H2,1H3,(H2,20,21)/t10?,13-/m1/s1. The lowest BCUT2D eigenvalue weighted by Gasteiger charge is -2.39. The fourth-order valence-corrected chi connectivity index (χ4v) is 2.44. The van der Waals surface area contributed by atoms with E-state index >= 15 is 0 Å². The maximum Gasteiger partial charge on any atom is 0.310 e. The SMILES string of the molecule is C[C@]1(c2cccc(OCC3CC3(F)F)c2)OC(N)=NCC1(F)F. The molecule has 1 fully saturated rings. The normalized spacial score (nSPS) is 31.0. The van der Waals surface area contributed by atoms with Crippen LogP contribution in [0.5, 0.6) is 5.75 Å². The van der Waals surface area contributed by atoms with Crippen molar-refractivity contribution in [2.24, 2.45) is 16.6 Å². The second-order valence-corrected chi connectivity index (χ2v) is 6.00. The van der Waals surface area contributed by atoms with Crippen LogP contribution in [0.1, 0.15) is 18.9 Å². The Morgan fingerprint density at radius 1 is 1.35 bits per heavy atom. The Kier molecular flexibility index (Phi) is 3.46. The molecule has 0 amide bonds. The van der Waals surface area contributed by atoms with Gasteiger partial charge in [0.25, 0.3) is 11.9 Å². The van der Waals surface area contributed by atoms with Crippen molar-refractivity contribution in [3.8, 4) is 5.75 Å². The zero-order valence-electron chi connectivity index (χ0n) is 12.4. The highest BCUT2D eigenvalue weighted by Crippen LogP contribution is 2.49. The summed E-state index contributed by atoms with van der Waals surface area (Å²) in [6, 6.07) is 5.51. The van der Waals surface area contributed by atoms with Gasteiger partial charge in [0.2, 0.25) is 0 Å². The maximum atomic E-state index is 14.2. The Labute approximate surface area is 130 Å². The highest BCUT2D eigenvalue weighted by molar-refractivity contribution is 5.73. The van der Waals surface area contributed by atoms with Gasteiger partial charge in [-0.05, 0) is 19.1 Å². The highest BCUT2D eigenvalue weighted by atomic mass is 19.3. The Bertz CT molecular complexity index is 650. The molecule has 2 aliphatic rings. The minimum atomic E-state index is -3.27. The number of amidine groups is 1. The molecule has 126 valence electrons. The number of rotatable bonds is 4. The van der Waals surface area contributed by atoms with Crippen molar-refractivity contribution in [3.63, 3.8) is 0 Å². The summed E-state index contributed by atoms with van der Waals surface area (Å²) < 4.78 is 64.6. The van der Waals surface area contributed by atoms with Crippen LogP contribution in [0.4, 0.5) is 17.6 Å². The van der Waals surface area contributed by atoms with Crippen LogP contribution in [0.3, 0.4) is 0 Å². The highest BCUT2D eigenvalue weighted by Gasteiger charge is 2.58. The minimum absolute atomic E-state index is 0.139. The molecule has 3 rings (SSSR count). The van der Waals surface area contributed by atoms with E-state index in [1.54, 1.807) is 0 Å². The lowest BCUT2D eigenvalue weighted by atomic mass is 9.88. The van der Waals surface area contributed by atoms with E-state index in [2.05, 4.69) is 4.99 Å². The predicted octanol–water partition coefficient (Wildman–Crippen LogP) is 2.92. The number of nitrogens with two attached hydrogens (primary N) is 1. The number of hydrogen-bond donors (Lipinski definition) is 1. The van der Waals surface area contributed by atoms with E-state index in [9.17, 15) is 17.6 Å². The van der Waals surface area contributed by atoms with E-state index in [4.69, 9.17) is 15.2 Å². The van der Waals surface area contributed by atoms with Gasteiger partial charge >= 0.3 is 5.92 Å². The first-order chi connectivity index (χ1) is 10.6. The summed E-state index contributed by atoms with van der Waals surface area (Å²) in [5, 5.41) is 0. The molecule has 1 aromatic rings. The molecule has 1 unspecified atom stereocenters. The quantitative estimate of drug-likeness (QED) is 0.863. The Morgan fingerprint density at radius 3 is 2.70 bits per heavy atom. The van der Waals surface area contributed by atoms with Gasteiger partial charge in [-0.15, -0.1) is 0 Å². The fourth-order valence-electron chi connectivity index (χ4n) is 2.44. The zero-order chi connectivity index (χ0) is 16.9. The van der Waals surface area contributed by atoms with E-state index in [0.717, 1.165) is 0 Å². The maximum absolute atomic E-state index is 14.2. The molecule has 1 aliphatic carbocycles. The van der Waals surface area contributed by atoms with Gasteiger partial charge in [0, 0.05) is 12.0 Å². The average Bonchev–Trinajstić information content (AvgIpc) is 3.09. The summed E-state index contributed by atoms with van der Waals surface area (Å²) in [7, 11) is 0. The zero-order valence-corrected chi connectivity index (χ0v) is 12.4. The third-order valence-electron chi connectivity index (χ3n) is 4.23. The van der Waals surface area contributed by atoms with Crippen LogP contribution in [0.15, 0.2) is 29.3 Å². The first-order valence-electron chi connectivity index (χ1n) is 7.12. The number of benzene rings is 1. The largest absolute Gasteiger partial charge is 0.493 e. The molecule has 0 saturated heterocycles. The molecule has 0 radical (unpaired) electrons. The number of hydrogen-bond acceptors (Lipinski definition) is 4. The number of alkyl halides is 4. The third-order valence-corrected chi connectivity index (χ3v) is 4.23. The van der Waals surface area contributed by atoms with Crippen molar-refractivity contribution >= 4 is 6.02 Å². The number of aliphatic imine (C=N–C) groups is 1. The molecule has 2 N–H and O–H groups in total. The van der Waals surface area contributed by atoms with Gasteiger partial charge in [-0.2, -0.15) is 8.78 Å². The van der Waals surface area contributed by atoms with Crippen LogP contribution in [0.25, 0.3) is 0 Å². The van der Waals surface area contributed by atoms with Gasteiger partial charge in [-0.1, -0.05) is 12.1 Å². The molecule has 23 heavy (non-hydrogen) atoms. The molecule has 8 heteroatoms.